The number of ether oxygens (including phenoxy) is 1. The van der Waals surface area contributed by atoms with Gasteiger partial charge in [-0.3, -0.25) is 9.63 Å². The second kappa shape index (κ2) is 6.28. The van der Waals surface area contributed by atoms with Gasteiger partial charge in [0, 0.05) is 0 Å². The van der Waals surface area contributed by atoms with Gasteiger partial charge in [0.25, 0.3) is 5.91 Å². The molecule has 0 aromatic carbocycles. The van der Waals surface area contributed by atoms with Crippen LogP contribution in [0.3, 0.4) is 0 Å². The number of hydroxylamine groups is 1. The van der Waals surface area contributed by atoms with Crippen molar-refractivity contribution in [3.8, 4) is 0 Å². The van der Waals surface area contributed by atoms with E-state index in [9.17, 15) is 22.8 Å². The smallest absolute Gasteiger partial charge is 0.414 e. The number of halogens is 3. The lowest BCUT2D eigenvalue weighted by Gasteiger charge is -2.11. The van der Waals surface area contributed by atoms with Gasteiger partial charge in [-0.25, -0.2) is 10.3 Å². The fourth-order valence-electron chi connectivity index (χ4n) is 0.592. The van der Waals surface area contributed by atoms with E-state index < -0.39 is 30.7 Å². The maximum Gasteiger partial charge on any atom is 0.414 e. The minimum atomic E-state index is -4.58. The van der Waals surface area contributed by atoms with Crippen molar-refractivity contribution in [3.63, 3.8) is 0 Å². The molecule has 0 saturated carbocycles. The van der Waals surface area contributed by atoms with Gasteiger partial charge >= 0.3 is 12.1 Å². The zero-order valence-corrected chi connectivity index (χ0v) is 8.34. The predicted octanol–water partition coefficient (Wildman–Crippen LogP) is -0.513. The summed E-state index contributed by atoms with van der Waals surface area (Å²) < 4.78 is 39.1. The van der Waals surface area contributed by atoms with Crippen LogP contribution < -0.4 is 11.2 Å². The summed E-state index contributed by atoms with van der Waals surface area (Å²) in [7, 11) is 0. The van der Waals surface area contributed by atoms with Crippen LogP contribution in [0.25, 0.3) is 0 Å². The number of rotatable bonds is 5. The van der Waals surface area contributed by atoms with E-state index in [1.54, 1.807) is 0 Å². The fraction of sp³-hybridized carbons (Fsp3) is 0.714. The second-order valence-electron chi connectivity index (χ2n) is 2.60. The molecule has 0 saturated heterocycles. The Balaban J connectivity index is 3.93. The van der Waals surface area contributed by atoms with Crippen molar-refractivity contribution in [3.05, 3.63) is 0 Å². The molecule has 0 heterocycles. The summed E-state index contributed by atoms with van der Waals surface area (Å²) in [6, 6.07) is -1.71. The Labute approximate surface area is 88.8 Å². The van der Waals surface area contributed by atoms with Crippen LogP contribution in [0.2, 0.25) is 0 Å². The molecule has 9 heteroatoms. The largest absolute Gasteiger partial charge is 0.464 e. The number of nitrogens with two attached hydrogens (primary N) is 1. The Morgan fingerprint density at radius 3 is 2.44 bits per heavy atom. The monoisotopic (exact) mass is 244 g/mol. The van der Waals surface area contributed by atoms with Crippen LogP contribution in [0, 0.1) is 0 Å². The maximum absolute atomic E-state index is 11.6. The lowest BCUT2D eigenvalue weighted by atomic mass is 10.3. The van der Waals surface area contributed by atoms with E-state index in [4.69, 9.17) is 5.73 Å². The molecule has 1 atom stereocenters. The van der Waals surface area contributed by atoms with Crippen LogP contribution in [-0.4, -0.2) is 37.3 Å². The van der Waals surface area contributed by atoms with E-state index in [0.717, 1.165) is 0 Å². The molecule has 0 aromatic heterocycles. The van der Waals surface area contributed by atoms with E-state index in [1.165, 1.54) is 12.4 Å². The number of amides is 1. The van der Waals surface area contributed by atoms with Crippen molar-refractivity contribution >= 4 is 11.9 Å². The normalized spacial score (nSPS) is 13.1. The number of hydrogen-bond donors (Lipinski definition) is 2. The first-order chi connectivity index (χ1) is 7.28. The molecule has 0 rings (SSSR count). The second-order valence-corrected chi connectivity index (χ2v) is 2.60. The topological polar surface area (TPSA) is 90.7 Å². The fourth-order valence-corrected chi connectivity index (χ4v) is 0.592. The molecule has 0 aromatic rings. The van der Waals surface area contributed by atoms with Gasteiger partial charge < -0.3 is 10.5 Å². The van der Waals surface area contributed by atoms with E-state index >= 15 is 0 Å². The lowest BCUT2D eigenvalue weighted by molar-refractivity contribution is -0.192. The molecule has 3 N–H and O–H groups in total. The van der Waals surface area contributed by atoms with Gasteiger partial charge in [0.05, 0.1) is 6.61 Å². The average Bonchev–Trinajstić information content (AvgIpc) is 2.14. The van der Waals surface area contributed by atoms with E-state index in [2.05, 4.69) is 9.57 Å². The average molecular weight is 244 g/mol. The highest BCUT2D eigenvalue weighted by molar-refractivity contribution is 6.01. The van der Waals surface area contributed by atoms with Gasteiger partial charge in [-0.1, -0.05) is 0 Å². The molecule has 94 valence electrons. The SMILES string of the molecule is CCOC(=O)C(N)C(=O)NOCC(F)(F)F. The number of carbonyl (C=O) groups excluding carboxylic acids is 2. The summed E-state index contributed by atoms with van der Waals surface area (Å²) in [6.07, 6.45) is -4.58. The molecule has 0 aliphatic rings. The van der Waals surface area contributed by atoms with Crippen LogP contribution >= 0.6 is 0 Å². The van der Waals surface area contributed by atoms with Crippen LogP contribution in [0.5, 0.6) is 0 Å². The highest BCUT2D eigenvalue weighted by atomic mass is 19.4. The van der Waals surface area contributed by atoms with E-state index in [0.29, 0.717) is 0 Å². The van der Waals surface area contributed by atoms with Crippen LogP contribution in [0.15, 0.2) is 0 Å². The third-order valence-corrected chi connectivity index (χ3v) is 1.23. The molecule has 1 amide bonds. The zero-order chi connectivity index (χ0) is 12.8. The molecule has 0 fully saturated rings. The predicted molar refractivity (Wildman–Crippen MR) is 44.8 cm³/mol. The molecule has 0 aliphatic carbocycles. The first kappa shape index (κ1) is 14.6. The lowest BCUT2D eigenvalue weighted by Crippen LogP contribution is -2.47. The van der Waals surface area contributed by atoms with Gasteiger partial charge in [0.1, 0.15) is 0 Å². The van der Waals surface area contributed by atoms with Crippen molar-refractivity contribution in [2.24, 2.45) is 5.73 Å². The highest BCUT2D eigenvalue weighted by Gasteiger charge is 2.29. The Hall–Kier alpha value is -1.35. The summed E-state index contributed by atoms with van der Waals surface area (Å²) in [5, 5.41) is 0. The molecule has 0 radical (unpaired) electrons. The first-order valence-corrected chi connectivity index (χ1v) is 4.18. The summed E-state index contributed by atoms with van der Waals surface area (Å²) in [5.74, 6) is -2.25. The maximum atomic E-state index is 11.6. The van der Waals surface area contributed by atoms with Crippen molar-refractivity contribution in [2.75, 3.05) is 13.2 Å². The zero-order valence-electron chi connectivity index (χ0n) is 8.34. The number of esters is 1. The van der Waals surface area contributed by atoms with Gasteiger partial charge in [-0.15, -0.1) is 0 Å². The van der Waals surface area contributed by atoms with Crippen molar-refractivity contribution in [1.82, 2.24) is 5.48 Å². The van der Waals surface area contributed by atoms with Gasteiger partial charge in [-0.2, -0.15) is 13.2 Å². The molecule has 6 nitrogen and oxygen atoms in total. The van der Waals surface area contributed by atoms with Crippen molar-refractivity contribution in [1.29, 1.82) is 0 Å². The third kappa shape index (κ3) is 6.19. The Morgan fingerprint density at radius 1 is 1.44 bits per heavy atom. The Kier molecular flexibility index (Phi) is 5.75. The molecule has 0 bridgehead atoms. The number of hydrogen-bond acceptors (Lipinski definition) is 5. The Bertz CT molecular complexity index is 257. The van der Waals surface area contributed by atoms with E-state index in [1.807, 2.05) is 0 Å². The quantitative estimate of drug-likeness (QED) is 0.386. The van der Waals surface area contributed by atoms with E-state index in [-0.39, 0.29) is 6.61 Å². The van der Waals surface area contributed by atoms with Gasteiger partial charge in [0.2, 0.25) is 0 Å². The molecule has 0 aliphatic heterocycles. The summed E-state index contributed by atoms with van der Waals surface area (Å²) in [5.41, 5.74) is 6.44. The number of carbonyl (C=O) groups is 2. The molecule has 16 heavy (non-hydrogen) atoms. The van der Waals surface area contributed by atoms with Crippen LogP contribution in [0.1, 0.15) is 6.92 Å². The summed E-state index contributed by atoms with van der Waals surface area (Å²) in [4.78, 5) is 25.6. The molecular formula is C7H11F3N2O4. The number of nitrogens with one attached hydrogen (secondary N) is 1. The van der Waals surface area contributed by atoms with Gasteiger partial charge in [-0.05, 0) is 6.92 Å². The first-order valence-electron chi connectivity index (χ1n) is 4.18. The summed E-state index contributed by atoms with van der Waals surface area (Å²) in [6.45, 7) is -0.180. The van der Waals surface area contributed by atoms with Crippen molar-refractivity contribution < 1.29 is 32.3 Å². The minimum absolute atomic E-state index is 0.00320. The van der Waals surface area contributed by atoms with Crippen LogP contribution in [0.4, 0.5) is 13.2 Å². The minimum Gasteiger partial charge on any atom is -0.464 e. The molecule has 0 spiro atoms. The Morgan fingerprint density at radius 2 is 2.00 bits per heavy atom. The third-order valence-electron chi connectivity index (χ3n) is 1.23. The molecule has 1 unspecified atom stereocenters. The number of alkyl halides is 3. The van der Waals surface area contributed by atoms with Gasteiger partial charge in [0.15, 0.2) is 12.6 Å². The van der Waals surface area contributed by atoms with Crippen molar-refractivity contribution in [2.45, 2.75) is 19.1 Å². The molecular weight excluding hydrogens is 233 g/mol. The van der Waals surface area contributed by atoms with Crippen LogP contribution in [-0.2, 0) is 19.2 Å². The summed E-state index contributed by atoms with van der Waals surface area (Å²) >= 11 is 0. The standard InChI is InChI=1S/C7H11F3N2O4/c1-2-15-6(14)4(11)5(13)12-16-3-7(8,9)10/h4H,2-3,11H2,1H3,(H,12,13). The highest BCUT2D eigenvalue weighted by Crippen LogP contribution is 2.13.